The number of aryl methyl sites for hydroxylation is 1. The molecule has 7 rings (SSSR count). The number of piperidine rings is 2. The summed E-state index contributed by atoms with van der Waals surface area (Å²) in [5.41, 5.74) is 4.13. The van der Waals surface area contributed by atoms with E-state index < -0.39 is 0 Å². The number of amides is 2. The first kappa shape index (κ1) is 27.1. The van der Waals surface area contributed by atoms with Gasteiger partial charge in [-0.3, -0.25) is 14.3 Å². The normalized spacial score (nSPS) is 16.2. The zero-order valence-corrected chi connectivity index (χ0v) is 24.2. The van der Waals surface area contributed by atoms with Crippen LogP contribution in [0.2, 0.25) is 0 Å². The maximum Gasteiger partial charge on any atom is 0.272 e. The summed E-state index contributed by atoms with van der Waals surface area (Å²) in [4.78, 5) is 36.0. The van der Waals surface area contributed by atoms with Crippen molar-refractivity contribution in [3.63, 3.8) is 0 Å². The zero-order valence-electron chi connectivity index (χ0n) is 24.2. The number of likely N-dealkylation sites (tertiary alicyclic amines) is 2. The highest BCUT2D eigenvalue weighted by molar-refractivity contribution is 6.09. The van der Waals surface area contributed by atoms with Gasteiger partial charge in [-0.05, 0) is 80.1 Å². The van der Waals surface area contributed by atoms with Gasteiger partial charge < -0.3 is 14.5 Å². The highest BCUT2D eigenvalue weighted by Crippen LogP contribution is 2.29. The summed E-state index contributed by atoms with van der Waals surface area (Å²) < 4.78 is 9.87. The van der Waals surface area contributed by atoms with Gasteiger partial charge in [-0.2, -0.15) is 5.10 Å². The van der Waals surface area contributed by atoms with E-state index in [1.807, 2.05) is 70.2 Å². The Hall–Kier alpha value is -4.80. The molecule has 2 aliphatic rings. The van der Waals surface area contributed by atoms with Crippen LogP contribution in [0.1, 0.15) is 64.6 Å². The van der Waals surface area contributed by atoms with Gasteiger partial charge >= 0.3 is 0 Å². The average molecular weight is 579 g/mol. The van der Waals surface area contributed by atoms with Crippen molar-refractivity contribution in [2.75, 3.05) is 26.2 Å². The Morgan fingerprint density at radius 2 is 1.72 bits per heavy atom. The van der Waals surface area contributed by atoms with Crippen LogP contribution in [0.15, 0.2) is 60.9 Å². The first-order chi connectivity index (χ1) is 21.0. The zero-order chi connectivity index (χ0) is 29.3. The molecule has 2 amide bonds. The number of hydrogen-bond donors (Lipinski definition) is 0. The monoisotopic (exact) mass is 578 g/mol. The predicted octanol–water partition coefficient (Wildman–Crippen LogP) is 4.40. The standard InChI is InChI=1S/C32H34N8O3/c1-37-30-9-6-22(18-28(30)35-36-37)21-43-24-7-8-27-25(19-24)26(31(41)38-13-3-2-4-14-38)20-29(34-27)32(42)39-16-10-23(11-17-39)40-15-5-12-33-40/h5-9,12,15,18-20,23H,2-4,10-11,13-14,16-17,21H2,1H3. The molecule has 2 aliphatic heterocycles. The SMILES string of the molecule is Cn1nnc2cc(COc3ccc4nc(C(=O)N5CCC(n6cccn6)CC5)cc(C(=O)N5CCCCC5)c4c3)ccc21. The number of nitrogens with zero attached hydrogens (tertiary/aromatic N) is 8. The number of carbonyl (C=O) groups excluding carboxylic acids is 2. The molecule has 0 bridgehead atoms. The van der Waals surface area contributed by atoms with Crippen LogP contribution in [0.4, 0.5) is 0 Å². The van der Waals surface area contributed by atoms with Gasteiger partial charge in [-0.25, -0.2) is 9.67 Å². The maximum atomic E-state index is 13.9. The summed E-state index contributed by atoms with van der Waals surface area (Å²) in [6.45, 7) is 3.00. The van der Waals surface area contributed by atoms with Gasteiger partial charge in [0.25, 0.3) is 11.8 Å². The number of hydrogen-bond acceptors (Lipinski definition) is 7. The third-order valence-corrected chi connectivity index (χ3v) is 8.60. The molecular weight excluding hydrogens is 544 g/mol. The van der Waals surface area contributed by atoms with Crippen LogP contribution in [0.25, 0.3) is 21.9 Å². The Morgan fingerprint density at radius 3 is 2.51 bits per heavy atom. The molecule has 220 valence electrons. The molecule has 0 spiro atoms. The molecule has 0 aliphatic carbocycles. The minimum atomic E-state index is -0.145. The van der Waals surface area contributed by atoms with Crippen molar-refractivity contribution in [1.29, 1.82) is 0 Å². The topological polar surface area (TPSA) is 111 Å². The Labute approximate surface area is 249 Å². The molecule has 2 fully saturated rings. The van der Waals surface area contributed by atoms with Crippen molar-refractivity contribution in [1.82, 2.24) is 39.6 Å². The molecule has 11 nitrogen and oxygen atoms in total. The van der Waals surface area contributed by atoms with E-state index in [0.717, 1.165) is 48.7 Å². The van der Waals surface area contributed by atoms with Crippen LogP contribution in [-0.2, 0) is 13.7 Å². The quantitative estimate of drug-likeness (QED) is 0.294. The fourth-order valence-electron chi connectivity index (χ4n) is 6.18. The lowest BCUT2D eigenvalue weighted by molar-refractivity contribution is 0.0684. The maximum absolute atomic E-state index is 13.9. The van der Waals surface area contributed by atoms with Crippen LogP contribution >= 0.6 is 0 Å². The van der Waals surface area contributed by atoms with Crippen LogP contribution < -0.4 is 4.74 Å². The number of ether oxygens (including phenoxy) is 1. The molecule has 5 aromatic rings. The highest BCUT2D eigenvalue weighted by atomic mass is 16.5. The Kier molecular flexibility index (Phi) is 7.22. The molecule has 5 heterocycles. The Morgan fingerprint density at radius 1 is 0.907 bits per heavy atom. The lowest BCUT2D eigenvalue weighted by atomic mass is 10.0. The molecule has 11 heteroatoms. The summed E-state index contributed by atoms with van der Waals surface area (Å²) in [7, 11) is 1.86. The summed E-state index contributed by atoms with van der Waals surface area (Å²) in [5, 5.41) is 13.3. The number of pyridine rings is 1. The van der Waals surface area contributed by atoms with Crippen LogP contribution in [-0.4, -0.2) is 77.6 Å². The van der Waals surface area contributed by atoms with Gasteiger partial charge in [0.05, 0.1) is 22.6 Å². The van der Waals surface area contributed by atoms with Gasteiger partial charge in [0.15, 0.2) is 0 Å². The second-order valence-corrected chi connectivity index (χ2v) is 11.4. The van der Waals surface area contributed by atoms with E-state index in [4.69, 9.17) is 9.72 Å². The van der Waals surface area contributed by atoms with E-state index in [-0.39, 0.29) is 17.9 Å². The molecule has 43 heavy (non-hydrogen) atoms. The summed E-state index contributed by atoms with van der Waals surface area (Å²) in [5.74, 6) is 0.415. The molecule has 3 aromatic heterocycles. The van der Waals surface area contributed by atoms with Gasteiger partial charge in [0, 0.05) is 51.0 Å². The number of fused-ring (bicyclic) bond motifs is 2. The Bertz CT molecular complexity index is 1780. The molecule has 0 atom stereocenters. The fourth-order valence-corrected chi connectivity index (χ4v) is 6.18. The van der Waals surface area contributed by atoms with Crippen molar-refractivity contribution >= 4 is 33.8 Å². The van der Waals surface area contributed by atoms with Crippen molar-refractivity contribution in [3.05, 3.63) is 77.7 Å². The minimum absolute atomic E-state index is 0.0659. The third-order valence-electron chi connectivity index (χ3n) is 8.60. The van der Waals surface area contributed by atoms with E-state index >= 15 is 0 Å². The van der Waals surface area contributed by atoms with Crippen molar-refractivity contribution in [2.45, 2.75) is 44.8 Å². The fraction of sp³-hybridized carbons (Fsp3) is 0.375. The molecule has 2 aromatic carbocycles. The average Bonchev–Trinajstić information content (AvgIpc) is 3.73. The number of carbonyl (C=O) groups is 2. The lowest BCUT2D eigenvalue weighted by Gasteiger charge is -2.32. The van der Waals surface area contributed by atoms with Gasteiger partial charge in [-0.1, -0.05) is 11.3 Å². The number of benzene rings is 2. The lowest BCUT2D eigenvalue weighted by Crippen LogP contribution is -2.40. The molecule has 0 N–H and O–H groups in total. The second kappa shape index (κ2) is 11.5. The Balaban J connectivity index is 1.16. The third kappa shape index (κ3) is 5.42. The van der Waals surface area contributed by atoms with Crippen molar-refractivity contribution in [3.8, 4) is 5.75 Å². The first-order valence-electron chi connectivity index (χ1n) is 15.0. The largest absolute Gasteiger partial charge is 0.489 e. The van der Waals surface area contributed by atoms with Crippen molar-refractivity contribution in [2.24, 2.45) is 7.05 Å². The van der Waals surface area contributed by atoms with Gasteiger partial charge in [0.2, 0.25) is 0 Å². The van der Waals surface area contributed by atoms with Crippen molar-refractivity contribution < 1.29 is 14.3 Å². The minimum Gasteiger partial charge on any atom is -0.489 e. The molecule has 0 unspecified atom stereocenters. The number of rotatable bonds is 6. The molecule has 2 saturated heterocycles. The van der Waals surface area contributed by atoms with E-state index in [9.17, 15) is 9.59 Å². The van der Waals surface area contributed by atoms with E-state index in [0.29, 0.717) is 60.7 Å². The molecular formula is C32H34N8O3. The van der Waals surface area contributed by atoms with E-state index in [2.05, 4.69) is 15.4 Å². The van der Waals surface area contributed by atoms with Gasteiger partial charge in [0.1, 0.15) is 23.6 Å². The summed E-state index contributed by atoms with van der Waals surface area (Å²) in [6, 6.07) is 15.4. The van der Waals surface area contributed by atoms with E-state index in [1.165, 1.54) is 0 Å². The summed E-state index contributed by atoms with van der Waals surface area (Å²) in [6.07, 6.45) is 8.49. The van der Waals surface area contributed by atoms with Crippen LogP contribution in [0.3, 0.4) is 0 Å². The number of aromatic nitrogens is 6. The van der Waals surface area contributed by atoms with Crippen LogP contribution in [0, 0.1) is 0 Å². The van der Waals surface area contributed by atoms with Gasteiger partial charge in [-0.15, -0.1) is 5.10 Å². The first-order valence-corrected chi connectivity index (χ1v) is 15.0. The second-order valence-electron chi connectivity index (χ2n) is 11.4. The molecule has 0 radical (unpaired) electrons. The molecule has 0 saturated carbocycles. The van der Waals surface area contributed by atoms with Crippen LogP contribution in [0.5, 0.6) is 5.75 Å². The van der Waals surface area contributed by atoms with E-state index in [1.54, 1.807) is 16.9 Å². The highest BCUT2D eigenvalue weighted by Gasteiger charge is 2.28. The summed E-state index contributed by atoms with van der Waals surface area (Å²) >= 11 is 0. The smallest absolute Gasteiger partial charge is 0.272 e. The predicted molar refractivity (Wildman–Crippen MR) is 161 cm³/mol.